The van der Waals surface area contributed by atoms with Gasteiger partial charge in [-0.25, -0.2) is 13.8 Å². The zero-order valence-corrected chi connectivity index (χ0v) is 28.4. The number of pyridine rings is 3. The van der Waals surface area contributed by atoms with Crippen molar-refractivity contribution < 1.29 is 13.6 Å². The number of carbonyl (C=O) groups excluding carboxylic acids is 1. The lowest BCUT2D eigenvalue weighted by atomic mass is 10.0. The van der Waals surface area contributed by atoms with Crippen molar-refractivity contribution in [1.82, 2.24) is 19.4 Å². The van der Waals surface area contributed by atoms with Crippen molar-refractivity contribution in [3.05, 3.63) is 84.9 Å². The van der Waals surface area contributed by atoms with Crippen LogP contribution < -0.4 is 16.2 Å². The molecule has 0 unspecified atom stereocenters. The number of nitriles is 1. The van der Waals surface area contributed by atoms with Crippen LogP contribution in [-0.2, 0) is 4.79 Å². The maximum absolute atomic E-state index is 15.7. The van der Waals surface area contributed by atoms with E-state index in [1.807, 2.05) is 32.6 Å². The molecule has 5 rings (SSSR count). The van der Waals surface area contributed by atoms with Gasteiger partial charge in [-0.1, -0.05) is 55.2 Å². The summed E-state index contributed by atoms with van der Waals surface area (Å²) in [5.41, 5.74) is 5.34. The molecular formula is C33H30Cl3F2N7O2. The largest absolute Gasteiger partial charge is 0.396 e. The number of nitrogens with zero attached hydrogens (tertiary/aromatic N) is 6. The molecule has 1 aliphatic heterocycles. The Morgan fingerprint density at radius 3 is 2.34 bits per heavy atom. The van der Waals surface area contributed by atoms with E-state index >= 15 is 8.78 Å². The SMILES string of the molecule is C=CC(=O)N1[C@H](C)CN(c2c(C#N)c(=O)n(-c3c(C)ccnc3C(C)C)c3nc(-c4c(N)c(F)c(Cl)c(Cl)c4F)c(Cl)cc23)C[C@@H]1C. The molecule has 47 heavy (non-hydrogen) atoms. The third kappa shape index (κ3) is 5.48. The first-order valence-corrected chi connectivity index (χ1v) is 15.8. The number of nitrogens with two attached hydrogens (primary N) is 1. The lowest BCUT2D eigenvalue weighted by Gasteiger charge is -2.45. The zero-order chi connectivity index (χ0) is 34.6. The molecule has 2 N–H and O–H groups in total. The average Bonchev–Trinajstić information content (AvgIpc) is 3.02. The Kier molecular flexibility index (Phi) is 9.25. The molecule has 244 valence electrons. The fraction of sp³-hybridized carbons (Fsp3) is 0.303. The van der Waals surface area contributed by atoms with E-state index in [-0.39, 0.29) is 70.0 Å². The van der Waals surface area contributed by atoms with Gasteiger partial charge in [-0.05, 0) is 50.5 Å². The number of hydrogen-bond acceptors (Lipinski definition) is 7. The first kappa shape index (κ1) is 34.1. The number of aryl methyl sites for hydroxylation is 1. The number of carbonyl (C=O) groups is 1. The van der Waals surface area contributed by atoms with Gasteiger partial charge in [0.2, 0.25) is 5.91 Å². The number of rotatable bonds is 5. The summed E-state index contributed by atoms with van der Waals surface area (Å²) < 4.78 is 32.0. The van der Waals surface area contributed by atoms with E-state index < -0.39 is 38.5 Å². The molecule has 3 aromatic heterocycles. The molecule has 1 saturated heterocycles. The Labute approximate surface area is 284 Å². The predicted octanol–water partition coefficient (Wildman–Crippen LogP) is 7.18. The van der Waals surface area contributed by atoms with Gasteiger partial charge in [0.25, 0.3) is 5.56 Å². The third-order valence-electron chi connectivity index (χ3n) is 8.32. The second-order valence-electron chi connectivity index (χ2n) is 11.8. The quantitative estimate of drug-likeness (QED) is 0.101. The maximum atomic E-state index is 15.7. The van der Waals surface area contributed by atoms with Crippen LogP contribution >= 0.6 is 34.8 Å². The first-order chi connectivity index (χ1) is 22.2. The van der Waals surface area contributed by atoms with Crippen LogP contribution in [0.15, 0.2) is 35.8 Å². The summed E-state index contributed by atoms with van der Waals surface area (Å²) >= 11 is 18.7. The molecule has 1 aliphatic rings. The number of amides is 1. The van der Waals surface area contributed by atoms with Gasteiger partial charge in [0.1, 0.15) is 22.3 Å². The smallest absolute Gasteiger partial charge is 0.276 e. The number of piperazine rings is 1. The molecule has 14 heteroatoms. The maximum Gasteiger partial charge on any atom is 0.276 e. The lowest BCUT2D eigenvalue weighted by molar-refractivity contribution is -0.130. The Balaban J connectivity index is 1.95. The van der Waals surface area contributed by atoms with Gasteiger partial charge in [-0.15, -0.1) is 0 Å². The van der Waals surface area contributed by atoms with E-state index in [2.05, 4.69) is 22.6 Å². The topological polar surface area (TPSA) is 121 Å². The number of benzene rings is 1. The van der Waals surface area contributed by atoms with Gasteiger partial charge in [0, 0.05) is 36.8 Å². The fourth-order valence-corrected chi connectivity index (χ4v) is 6.90. The van der Waals surface area contributed by atoms with Crippen LogP contribution in [0.25, 0.3) is 28.0 Å². The highest BCUT2D eigenvalue weighted by molar-refractivity contribution is 6.43. The van der Waals surface area contributed by atoms with Crippen molar-refractivity contribution in [2.45, 2.75) is 52.6 Å². The van der Waals surface area contributed by atoms with Crippen molar-refractivity contribution in [2.24, 2.45) is 0 Å². The molecule has 0 aliphatic carbocycles. The summed E-state index contributed by atoms with van der Waals surface area (Å²) in [7, 11) is 0. The summed E-state index contributed by atoms with van der Waals surface area (Å²) in [6, 6.07) is 4.56. The Morgan fingerprint density at radius 1 is 1.15 bits per heavy atom. The van der Waals surface area contributed by atoms with Crippen molar-refractivity contribution >= 4 is 63.1 Å². The molecule has 1 aromatic carbocycles. The normalized spacial score (nSPS) is 16.6. The average molecular weight is 701 g/mol. The van der Waals surface area contributed by atoms with E-state index in [0.29, 0.717) is 16.9 Å². The predicted molar refractivity (Wildman–Crippen MR) is 182 cm³/mol. The fourth-order valence-electron chi connectivity index (χ4n) is 6.29. The van der Waals surface area contributed by atoms with Crippen LogP contribution in [0.3, 0.4) is 0 Å². The van der Waals surface area contributed by atoms with Crippen LogP contribution in [0.2, 0.25) is 15.1 Å². The number of aromatic nitrogens is 3. The molecule has 0 radical (unpaired) electrons. The van der Waals surface area contributed by atoms with Gasteiger partial charge in [-0.3, -0.25) is 19.1 Å². The third-order valence-corrected chi connectivity index (χ3v) is 9.41. The minimum Gasteiger partial charge on any atom is -0.396 e. The van der Waals surface area contributed by atoms with Gasteiger partial charge >= 0.3 is 0 Å². The summed E-state index contributed by atoms with van der Waals surface area (Å²) in [5.74, 6) is -2.73. The summed E-state index contributed by atoms with van der Waals surface area (Å²) in [4.78, 5) is 39.9. The highest BCUT2D eigenvalue weighted by Gasteiger charge is 2.36. The van der Waals surface area contributed by atoms with Crippen molar-refractivity contribution in [2.75, 3.05) is 23.7 Å². The van der Waals surface area contributed by atoms with E-state index in [1.165, 1.54) is 16.7 Å². The second-order valence-corrected chi connectivity index (χ2v) is 12.9. The summed E-state index contributed by atoms with van der Waals surface area (Å²) in [6.45, 7) is 13.4. The number of halogens is 5. The highest BCUT2D eigenvalue weighted by atomic mass is 35.5. The second kappa shape index (κ2) is 12.8. The number of nitrogen functional groups attached to an aromatic ring is 1. The Hall–Kier alpha value is -4.24. The highest BCUT2D eigenvalue weighted by Crippen LogP contribution is 2.44. The molecule has 4 aromatic rings. The number of hydrogen-bond donors (Lipinski definition) is 1. The molecule has 0 saturated carbocycles. The van der Waals surface area contributed by atoms with E-state index in [0.717, 1.165) is 0 Å². The van der Waals surface area contributed by atoms with Crippen LogP contribution in [0.4, 0.5) is 20.2 Å². The van der Waals surface area contributed by atoms with Crippen LogP contribution in [0.1, 0.15) is 50.4 Å². The van der Waals surface area contributed by atoms with Crippen LogP contribution in [-0.4, -0.2) is 50.5 Å². The van der Waals surface area contributed by atoms with E-state index in [1.54, 1.807) is 24.1 Å². The minimum absolute atomic E-state index is 0.0171. The molecule has 2 atom stereocenters. The molecular weight excluding hydrogens is 671 g/mol. The van der Waals surface area contributed by atoms with Crippen LogP contribution in [0, 0.1) is 29.9 Å². The molecule has 4 heterocycles. The van der Waals surface area contributed by atoms with Crippen molar-refractivity contribution in [3.8, 4) is 23.0 Å². The molecule has 0 bridgehead atoms. The van der Waals surface area contributed by atoms with Crippen LogP contribution in [0.5, 0.6) is 0 Å². The molecule has 0 spiro atoms. The number of fused-ring (bicyclic) bond motifs is 1. The Bertz CT molecular complexity index is 2050. The summed E-state index contributed by atoms with van der Waals surface area (Å²) in [6.07, 6.45) is 2.85. The van der Waals surface area contributed by atoms with Crippen molar-refractivity contribution in [3.63, 3.8) is 0 Å². The zero-order valence-electron chi connectivity index (χ0n) is 26.1. The lowest BCUT2D eigenvalue weighted by Crippen LogP contribution is -2.58. The molecule has 1 fully saturated rings. The molecule has 1 amide bonds. The van der Waals surface area contributed by atoms with E-state index in [9.17, 15) is 14.9 Å². The number of anilines is 2. The first-order valence-electron chi connectivity index (χ1n) is 14.6. The minimum atomic E-state index is -1.16. The van der Waals surface area contributed by atoms with Gasteiger partial charge < -0.3 is 15.5 Å². The van der Waals surface area contributed by atoms with Gasteiger partial charge in [0.15, 0.2) is 11.6 Å². The van der Waals surface area contributed by atoms with E-state index in [4.69, 9.17) is 40.5 Å². The van der Waals surface area contributed by atoms with Gasteiger partial charge in [-0.2, -0.15) is 5.26 Å². The monoisotopic (exact) mass is 699 g/mol. The summed E-state index contributed by atoms with van der Waals surface area (Å²) in [5, 5.41) is 9.20. The molecule has 9 nitrogen and oxygen atoms in total. The van der Waals surface area contributed by atoms with Gasteiger partial charge in [0.05, 0.1) is 44.1 Å². The van der Waals surface area contributed by atoms with Crippen molar-refractivity contribution in [1.29, 1.82) is 5.26 Å². The Morgan fingerprint density at radius 2 is 1.77 bits per heavy atom. The standard InChI is InChI=1S/C33H30Cl3F2N7O2/c1-7-21(46)44-16(5)12-43(13-17(44)6)31-18-10-20(34)29(22-25(37)23(35)24(36)26(38)27(22)40)42-32(18)45(33(47)19(31)11-39)30-15(4)8-9-41-28(30)14(2)3/h7-10,14,16-17H,1,12-13,40H2,2-6H3/t16-,17+.